The first-order chi connectivity index (χ1) is 8.46. The number of fused-ring (bicyclic) bond motifs is 2. The van der Waals surface area contributed by atoms with Gasteiger partial charge in [0.1, 0.15) is 0 Å². The molecule has 0 spiro atoms. The molecular formula is C15H15Cl2N. The molecule has 94 valence electrons. The molecule has 3 rings (SSSR count). The Morgan fingerprint density at radius 2 is 2.00 bits per heavy atom. The minimum atomic E-state index is 0.323. The second-order valence-corrected chi connectivity index (χ2v) is 6.67. The van der Waals surface area contributed by atoms with Crippen LogP contribution >= 0.6 is 23.2 Å². The van der Waals surface area contributed by atoms with Crippen molar-refractivity contribution in [1.29, 1.82) is 0 Å². The largest absolute Gasteiger partial charge is 0.252 e. The molecule has 1 nitrogen and oxygen atoms in total. The van der Waals surface area contributed by atoms with Gasteiger partial charge in [-0.15, -0.1) is 0 Å². The molecule has 1 aliphatic carbocycles. The fourth-order valence-electron chi connectivity index (χ4n) is 2.69. The van der Waals surface area contributed by atoms with Gasteiger partial charge in [-0.1, -0.05) is 37.0 Å². The van der Waals surface area contributed by atoms with Crippen molar-refractivity contribution in [2.45, 2.75) is 33.1 Å². The molecule has 0 saturated heterocycles. The van der Waals surface area contributed by atoms with Crippen LogP contribution in [0.3, 0.4) is 0 Å². The number of hydrogen-bond acceptors (Lipinski definition) is 1. The third-order valence-corrected chi connectivity index (χ3v) is 4.43. The highest BCUT2D eigenvalue weighted by molar-refractivity contribution is 6.37. The standard InChI is InChI=1S/C15H15Cl2N/c1-15(2)6-5-10-13(8-15)18-12-4-3-9(16)7-11(12)14(10)17/h3-4,7H,5-6,8H2,1-2H3. The normalized spacial score (nSPS) is 17.8. The van der Waals surface area contributed by atoms with Crippen LogP contribution in [0.4, 0.5) is 0 Å². The first-order valence-corrected chi connectivity index (χ1v) is 6.98. The van der Waals surface area contributed by atoms with Gasteiger partial charge in [-0.2, -0.15) is 0 Å². The third kappa shape index (κ3) is 2.00. The fraction of sp³-hybridized carbons (Fsp3) is 0.400. The van der Waals surface area contributed by atoms with Crippen molar-refractivity contribution < 1.29 is 0 Å². The van der Waals surface area contributed by atoms with E-state index in [0.717, 1.165) is 40.9 Å². The fourth-order valence-corrected chi connectivity index (χ4v) is 3.22. The van der Waals surface area contributed by atoms with E-state index in [-0.39, 0.29) is 0 Å². The lowest BCUT2D eigenvalue weighted by Crippen LogP contribution is -2.23. The summed E-state index contributed by atoms with van der Waals surface area (Å²) in [5.41, 5.74) is 3.64. The number of nitrogens with zero attached hydrogens (tertiary/aromatic N) is 1. The smallest absolute Gasteiger partial charge is 0.0721 e. The van der Waals surface area contributed by atoms with Crippen molar-refractivity contribution in [1.82, 2.24) is 4.98 Å². The van der Waals surface area contributed by atoms with Crippen LogP contribution in [-0.2, 0) is 12.8 Å². The van der Waals surface area contributed by atoms with E-state index in [1.165, 1.54) is 5.56 Å². The zero-order chi connectivity index (χ0) is 12.9. The molecule has 0 aliphatic heterocycles. The molecule has 0 atom stereocenters. The van der Waals surface area contributed by atoms with Crippen molar-refractivity contribution in [2.75, 3.05) is 0 Å². The number of pyridine rings is 1. The summed E-state index contributed by atoms with van der Waals surface area (Å²) in [5.74, 6) is 0. The Labute approximate surface area is 117 Å². The topological polar surface area (TPSA) is 12.9 Å². The molecule has 0 radical (unpaired) electrons. The summed E-state index contributed by atoms with van der Waals surface area (Å²) in [6.45, 7) is 4.58. The van der Waals surface area contributed by atoms with Crippen LogP contribution < -0.4 is 0 Å². The molecule has 2 aromatic rings. The molecule has 3 heteroatoms. The lowest BCUT2D eigenvalue weighted by atomic mass is 9.76. The molecule has 0 amide bonds. The Morgan fingerprint density at radius 3 is 2.78 bits per heavy atom. The highest BCUT2D eigenvalue weighted by atomic mass is 35.5. The van der Waals surface area contributed by atoms with E-state index in [4.69, 9.17) is 28.2 Å². The Kier molecular flexibility index (Phi) is 2.80. The van der Waals surface area contributed by atoms with E-state index >= 15 is 0 Å². The predicted molar refractivity (Wildman–Crippen MR) is 77.6 cm³/mol. The summed E-state index contributed by atoms with van der Waals surface area (Å²) < 4.78 is 0. The Hall–Kier alpha value is -0.790. The van der Waals surface area contributed by atoms with Crippen LogP contribution in [0.25, 0.3) is 10.9 Å². The van der Waals surface area contributed by atoms with Gasteiger partial charge in [-0.05, 0) is 48.4 Å². The van der Waals surface area contributed by atoms with Crippen molar-refractivity contribution >= 4 is 34.1 Å². The van der Waals surface area contributed by atoms with Crippen LogP contribution in [0.15, 0.2) is 18.2 Å². The highest BCUT2D eigenvalue weighted by Gasteiger charge is 2.28. The van der Waals surface area contributed by atoms with E-state index < -0.39 is 0 Å². The lowest BCUT2D eigenvalue weighted by Gasteiger charge is -2.31. The van der Waals surface area contributed by atoms with Gasteiger partial charge in [-0.3, -0.25) is 4.98 Å². The van der Waals surface area contributed by atoms with Gasteiger partial charge in [0.2, 0.25) is 0 Å². The van der Waals surface area contributed by atoms with Gasteiger partial charge < -0.3 is 0 Å². The number of hydrogen-bond donors (Lipinski definition) is 0. The molecule has 0 fully saturated rings. The Balaban J connectivity index is 2.26. The van der Waals surface area contributed by atoms with E-state index in [0.29, 0.717) is 10.4 Å². The second kappa shape index (κ2) is 4.11. The SMILES string of the molecule is CC1(C)CCc2c(nc3ccc(Cl)cc3c2Cl)C1. The van der Waals surface area contributed by atoms with Crippen molar-refractivity contribution in [3.8, 4) is 0 Å². The first kappa shape index (κ1) is 12.3. The number of aromatic nitrogens is 1. The van der Waals surface area contributed by atoms with E-state index in [1.807, 2.05) is 18.2 Å². The zero-order valence-electron chi connectivity index (χ0n) is 10.6. The Bertz CT molecular complexity index is 632. The third-order valence-electron chi connectivity index (χ3n) is 3.76. The molecule has 0 saturated carbocycles. The summed E-state index contributed by atoms with van der Waals surface area (Å²) in [6, 6.07) is 5.73. The van der Waals surface area contributed by atoms with E-state index in [9.17, 15) is 0 Å². The van der Waals surface area contributed by atoms with Crippen LogP contribution in [-0.4, -0.2) is 4.98 Å². The van der Waals surface area contributed by atoms with Crippen molar-refractivity contribution in [3.05, 3.63) is 39.5 Å². The van der Waals surface area contributed by atoms with E-state index in [2.05, 4.69) is 13.8 Å². The summed E-state index contributed by atoms with van der Waals surface area (Å²) in [6.07, 6.45) is 3.17. The van der Waals surface area contributed by atoms with Gasteiger partial charge in [0.05, 0.1) is 10.5 Å². The molecule has 0 bridgehead atoms. The number of halogens is 2. The second-order valence-electron chi connectivity index (χ2n) is 5.85. The minimum Gasteiger partial charge on any atom is -0.252 e. The molecule has 0 N–H and O–H groups in total. The molecule has 18 heavy (non-hydrogen) atoms. The molecule has 0 unspecified atom stereocenters. The molecule has 1 heterocycles. The summed E-state index contributed by atoms with van der Waals surface area (Å²) >= 11 is 12.6. The minimum absolute atomic E-state index is 0.323. The van der Waals surface area contributed by atoms with Crippen LogP contribution in [0.5, 0.6) is 0 Å². The molecule has 1 aliphatic rings. The van der Waals surface area contributed by atoms with Crippen molar-refractivity contribution in [2.24, 2.45) is 5.41 Å². The summed E-state index contributed by atoms with van der Waals surface area (Å²) in [5, 5.41) is 2.53. The quantitative estimate of drug-likeness (QED) is 0.657. The van der Waals surface area contributed by atoms with E-state index in [1.54, 1.807) is 0 Å². The number of benzene rings is 1. The summed E-state index contributed by atoms with van der Waals surface area (Å²) in [7, 11) is 0. The predicted octanol–water partition coefficient (Wildman–Crippen LogP) is 5.06. The van der Waals surface area contributed by atoms with Crippen LogP contribution in [0.2, 0.25) is 10.0 Å². The zero-order valence-corrected chi connectivity index (χ0v) is 12.1. The monoisotopic (exact) mass is 279 g/mol. The van der Waals surface area contributed by atoms with Gasteiger partial charge in [0, 0.05) is 16.1 Å². The first-order valence-electron chi connectivity index (χ1n) is 6.23. The number of rotatable bonds is 0. The maximum absolute atomic E-state index is 6.53. The molecule has 1 aromatic carbocycles. The van der Waals surface area contributed by atoms with Gasteiger partial charge in [-0.25, -0.2) is 0 Å². The van der Waals surface area contributed by atoms with Gasteiger partial charge in [0.15, 0.2) is 0 Å². The highest BCUT2D eigenvalue weighted by Crippen LogP contribution is 2.39. The average Bonchev–Trinajstić information content (AvgIpc) is 2.29. The van der Waals surface area contributed by atoms with Gasteiger partial charge in [0.25, 0.3) is 0 Å². The molecule has 1 aromatic heterocycles. The van der Waals surface area contributed by atoms with Crippen LogP contribution in [0, 0.1) is 5.41 Å². The average molecular weight is 280 g/mol. The van der Waals surface area contributed by atoms with Crippen LogP contribution in [0.1, 0.15) is 31.5 Å². The molecular weight excluding hydrogens is 265 g/mol. The maximum Gasteiger partial charge on any atom is 0.0721 e. The van der Waals surface area contributed by atoms with Gasteiger partial charge >= 0.3 is 0 Å². The maximum atomic E-state index is 6.53. The van der Waals surface area contributed by atoms with Crippen molar-refractivity contribution in [3.63, 3.8) is 0 Å². The Morgan fingerprint density at radius 1 is 1.22 bits per heavy atom. The lowest BCUT2D eigenvalue weighted by molar-refractivity contribution is 0.311. The summed E-state index contributed by atoms with van der Waals surface area (Å²) in [4.78, 5) is 4.77.